The van der Waals surface area contributed by atoms with Crippen LogP contribution in [-0.4, -0.2) is 17.1 Å². The molecule has 0 unspecified atom stereocenters. The number of fused-ring (bicyclic) bond motifs is 1. The van der Waals surface area contributed by atoms with Gasteiger partial charge in [0.2, 0.25) is 0 Å². The Morgan fingerprint density at radius 3 is 2.38 bits per heavy atom. The van der Waals surface area contributed by atoms with Crippen LogP contribution in [0.4, 0.5) is 5.69 Å². The molecule has 0 radical (unpaired) electrons. The number of anilines is 1. The number of benzene rings is 4. The number of halogens is 4. The first-order valence-electron chi connectivity index (χ1n) is 14.8. The first kappa shape index (κ1) is 34.7. The van der Waals surface area contributed by atoms with Crippen molar-refractivity contribution in [3.63, 3.8) is 0 Å². The minimum atomic E-state index is -0.696. The van der Waals surface area contributed by atoms with Gasteiger partial charge in [-0.3, -0.25) is 14.2 Å². The van der Waals surface area contributed by atoms with Crippen molar-refractivity contribution in [2.75, 3.05) is 11.9 Å². The van der Waals surface area contributed by atoms with E-state index in [2.05, 4.69) is 50.5 Å². The summed E-state index contributed by atoms with van der Waals surface area (Å²) in [5, 5.41) is 4.09. The number of carbonyl (C=O) groups excluding carboxylic acids is 1. The topological polar surface area (TPSA) is 81.9 Å². The van der Waals surface area contributed by atoms with E-state index in [0.29, 0.717) is 48.7 Å². The first-order valence-corrected chi connectivity index (χ1v) is 18.5. The van der Waals surface area contributed by atoms with Gasteiger partial charge in [0.25, 0.3) is 11.5 Å². The Hall–Kier alpha value is -3.17. The highest BCUT2D eigenvalue weighted by molar-refractivity contribution is 14.1. The zero-order valence-electron chi connectivity index (χ0n) is 25.6. The quantitative estimate of drug-likeness (QED) is 0.151. The van der Waals surface area contributed by atoms with Gasteiger partial charge < -0.3 is 14.8 Å². The summed E-state index contributed by atoms with van der Waals surface area (Å²) in [7, 11) is 0. The lowest BCUT2D eigenvalue weighted by Gasteiger charge is -2.25. The molecule has 48 heavy (non-hydrogen) atoms. The summed E-state index contributed by atoms with van der Waals surface area (Å²) in [6.45, 7) is 4.54. The Labute approximate surface area is 318 Å². The zero-order valence-corrected chi connectivity index (χ0v) is 32.2. The fraction of sp³-hybridized carbons (Fsp3) is 0.139. The van der Waals surface area contributed by atoms with Gasteiger partial charge in [-0.2, -0.15) is 0 Å². The van der Waals surface area contributed by atoms with Crippen molar-refractivity contribution in [3.05, 3.63) is 150 Å². The van der Waals surface area contributed by atoms with Gasteiger partial charge in [0.05, 0.1) is 35.6 Å². The molecule has 12 heteroatoms. The van der Waals surface area contributed by atoms with Crippen LogP contribution in [0.2, 0.25) is 10.0 Å². The predicted octanol–water partition coefficient (Wildman–Crippen LogP) is 8.37. The molecule has 1 N–H and O–H groups in total. The highest BCUT2D eigenvalue weighted by Crippen LogP contribution is 2.33. The van der Waals surface area contributed by atoms with E-state index in [9.17, 15) is 9.59 Å². The molecule has 1 aliphatic rings. The predicted molar refractivity (Wildman–Crippen MR) is 209 cm³/mol. The van der Waals surface area contributed by atoms with Crippen LogP contribution in [0.5, 0.6) is 11.5 Å². The van der Waals surface area contributed by atoms with E-state index in [1.54, 1.807) is 23.6 Å². The number of thiazole rings is 1. The minimum Gasteiger partial charge on any atom is -0.494 e. The summed E-state index contributed by atoms with van der Waals surface area (Å²) in [5.74, 6) is 1.11. The molecule has 5 aromatic rings. The number of aromatic nitrogens is 1. The second-order valence-corrected chi connectivity index (χ2v) is 14.9. The van der Waals surface area contributed by atoms with E-state index in [4.69, 9.17) is 37.7 Å². The number of hydrogen-bond donors (Lipinski definition) is 1. The monoisotopic (exact) mass is 921 g/mol. The fourth-order valence-corrected chi connectivity index (χ4v) is 8.94. The Balaban J connectivity index is 1.38. The highest BCUT2D eigenvalue weighted by Gasteiger charge is 2.32. The van der Waals surface area contributed by atoms with Gasteiger partial charge in [-0.15, -0.1) is 0 Å². The molecule has 0 saturated heterocycles. The number of ether oxygens (including phenoxy) is 2. The molecule has 0 aliphatic carbocycles. The number of allylic oxidation sites excluding steroid dienone is 1. The van der Waals surface area contributed by atoms with Crippen molar-refractivity contribution < 1.29 is 14.3 Å². The van der Waals surface area contributed by atoms with Crippen molar-refractivity contribution in [2.45, 2.75) is 26.5 Å². The van der Waals surface area contributed by atoms with Crippen LogP contribution in [0.3, 0.4) is 0 Å². The highest BCUT2D eigenvalue weighted by atomic mass is 127. The molecule has 1 atom stereocenters. The van der Waals surface area contributed by atoms with Crippen LogP contribution in [-0.2, 0) is 11.4 Å². The van der Waals surface area contributed by atoms with Crippen LogP contribution in [0.15, 0.2) is 106 Å². The molecule has 0 saturated carbocycles. The van der Waals surface area contributed by atoms with Gasteiger partial charge in [0.1, 0.15) is 18.1 Å². The SMILES string of the molecule is CCOc1ccc([C@H]2C(C(=O)Nc3ccccc3)=C(C)N=c3s/c(=C\c4cc(I)c(OCc5ccc(Cl)cc5Cl)c(I)c4)c(=O)n32)cc1. The van der Waals surface area contributed by atoms with E-state index in [-0.39, 0.29) is 18.1 Å². The van der Waals surface area contributed by atoms with Crippen LogP contribution >= 0.6 is 79.7 Å². The van der Waals surface area contributed by atoms with Crippen LogP contribution in [0.25, 0.3) is 6.08 Å². The smallest absolute Gasteiger partial charge is 0.271 e. The third-order valence-electron chi connectivity index (χ3n) is 7.51. The van der Waals surface area contributed by atoms with E-state index < -0.39 is 6.04 Å². The van der Waals surface area contributed by atoms with E-state index >= 15 is 0 Å². The number of amides is 1. The van der Waals surface area contributed by atoms with Gasteiger partial charge in [-0.1, -0.05) is 70.9 Å². The summed E-state index contributed by atoms with van der Waals surface area (Å²) in [6, 6.07) is 25.3. The lowest BCUT2D eigenvalue weighted by atomic mass is 9.95. The standard InChI is InChI=1S/C36H27Cl2I2N3O4S/c1-3-46-26-13-10-22(11-14-26)32-31(34(44)42-25-7-5-4-6-8-25)20(2)41-36-43(32)35(45)30(48-36)17-21-15-28(39)33(29(40)16-21)47-19-23-9-12-24(37)18-27(23)38/h4-18,32H,3,19H2,1-2H3,(H,42,44)/b30-17-/t32-/m0/s1. The van der Waals surface area contributed by atoms with Gasteiger partial charge >= 0.3 is 0 Å². The molecule has 6 rings (SSSR count). The fourth-order valence-electron chi connectivity index (χ4n) is 5.30. The maximum Gasteiger partial charge on any atom is 0.271 e. The van der Waals surface area contributed by atoms with Crippen LogP contribution in [0, 0.1) is 7.14 Å². The molecule has 0 fully saturated rings. The molecule has 1 aliphatic heterocycles. The van der Waals surface area contributed by atoms with Gasteiger partial charge in [-0.05, 0) is 125 Å². The van der Waals surface area contributed by atoms with Gasteiger partial charge in [-0.25, -0.2) is 4.99 Å². The van der Waals surface area contributed by atoms with Crippen LogP contribution in [0.1, 0.15) is 36.6 Å². The summed E-state index contributed by atoms with van der Waals surface area (Å²) >= 11 is 18.1. The zero-order chi connectivity index (χ0) is 33.9. The Morgan fingerprint density at radius 1 is 1.00 bits per heavy atom. The van der Waals surface area contributed by atoms with Crippen molar-refractivity contribution >= 4 is 97.4 Å². The first-order chi connectivity index (χ1) is 23.1. The molecule has 1 amide bonds. The number of carbonyl (C=O) groups is 1. The van der Waals surface area contributed by atoms with E-state index in [0.717, 1.165) is 29.6 Å². The maximum absolute atomic E-state index is 14.2. The summed E-state index contributed by atoms with van der Waals surface area (Å²) < 4.78 is 15.7. The Bertz CT molecular complexity index is 2210. The lowest BCUT2D eigenvalue weighted by molar-refractivity contribution is -0.113. The van der Waals surface area contributed by atoms with Crippen molar-refractivity contribution in [2.24, 2.45) is 4.99 Å². The van der Waals surface area contributed by atoms with E-state index in [1.165, 1.54) is 11.3 Å². The number of nitrogens with zero attached hydrogens (tertiary/aromatic N) is 2. The third-order valence-corrected chi connectivity index (χ3v) is 10.7. The third kappa shape index (κ3) is 7.52. The minimum absolute atomic E-state index is 0.238. The summed E-state index contributed by atoms with van der Waals surface area (Å²) in [5.41, 5.74) is 3.78. The second kappa shape index (κ2) is 15.2. The maximum atomic E-state index is 14.2. The molecule has 2 heterocycles. The van der Waals surface area contributed by atoms with Gasteiger partial charge in [0, 0.05) is 21.3 Å². The van der Waals surface area contributed by atoms with Crippen molar-refractivity contribution in [1.29, 1.82) is 0 Å². The Kier molecular flexibility index (Phi) is 11.0. The molecule has 0 spiro atoms. The number of hydrogen-bond acceptors (Lipinski definition) is 6. The average molecular weight is 922 g/mol. The number of rotatable bonds is 9. The molecule has 4 aromatic carbocycles. The molecule has 244 valence electrons. The van der Waals surface area contributed by atoms with Crippen molar-refractivity contribution in [3.8, 4) is 11.5 Å². The normalized spacial score (nSPS) is 14.4. The molecule has 7 nitrogen and oxygen atoms in total. The van der Waals surface area contributed by atoms with Crippen LogP contribution < -0.4 is 29.7 Å². The van der Waals surface area contributed by atoms with Crippen molar-refractivity contribution in [1.82, 2.24) is 4.57 Å². The molecular formula is C36H27Cl2I2N3O4S. The average Bonchev–Trinajstić information content (AvgIpc) is 3.35. The second-order valence-electron chi connectivity index (χ2n) is 10.7. The van der Waals surface area contributed by atoms with Gasteiger partial charge in [0.15, 0.2) is 4.80 Å². The number of para-hydroxylation sites is 1. The molecule has 0 bridgehead atoms. The lowest BCUT2D eigenvalue weighted by Crippen LogP contribution is -2.40. The van der Waals surface area contributed by atoms with E-state index in [1.807, 2.05) is 85.8 Å². The number of nitrogens with one attached hydrogen (secondary N) is 1. The molecular weight excluding hydrogens is 895 g/mol. The summed E-state index contributed by atoms with van der Waals surface area (Å²) in [4.78, 5) is 33.3. The molecule has 1 aromatic heterocycles. The Morgan fingerprint density at radius 2 is 1.71 bits per heavy atom. The summed E-state index contributed by atoms with van der Waals surface area (Å²) in [6.07, 6.45) is 1.85. The largest absolute Gasteiger partial charge is 0.494 e.